The zero-order chi connectivity index (χ0) is 10.9. The topological polar surface area (TPSA) is 46.2 Å². The van der Waals surface area contributed by atoms with E-state index in [1.807, 2.05) is 0 Å². The molecule has 78 valence electrons. The summed E-state index contributed by atoms with van der Waals surface area (Å²) in [5, 5.41) is 10.8. The fourth-order valence-electron chi connectivity index (χ4n) is 1.05. The first-order chi connectivity index (χ1) is 6.43. The van der Waals surface area contributed by atoms with E-state index in [4.69, 9.17) is 40.5 Å². The van der Waals surface area contributed by atoms with Crippen molar-refractivity contribution in [2.75, 3.05) is 0 Å². The van der Waals surface area contributed by atoms with Gasteiger partial charge in [0.05, 0.1) is 16.1 Å². The number of rotatable bonds is 2. The van der Waals surface area contributed by atoms with E-state index < -0.39 is 12.1 Å². The second kappa shape index (κ2) is 4.69. The first-order valence-electron chi connectivity index (χ1n) is 4.01. The van der Waals surface area contributed by atoms with Gasteiger partial charge in [-0.15, -0.1) is 0 Å². The summed E-state index contributed by atoms with van der Waals surface area (Å²) in [5.41, 5.74) is 6.04. The minimum Gasteiger partial charge on any atom is -0.387 e. The fourth-order valence-corrected chi connectivity index (χ4v) is 1.71. The van der Waals surface area contributed by atoms with Gasteiger partial charge in [0.2, 0.25) is 0 Å². The Morgan fingerprint density at radius 3 is 2.14 bits per heavy atom. The molecule has 0 fully saturated rings. The molecule has 1 aromatic rings. The Bertz CT molecular complexity index is 341. The van der Waals surface area contributed by atoms with Crippen LogP contribution in [0.5, 0.6) is 0 Å². The summed E-state index contributed by atoms with van der Waals surface area (Å²) in [7, 11) is 0. The van der Waals surface area contributed by atoms with Crippen LogP contribution in [0.2, 0.25) is 15.1 Å². The van der Waals surface area contributed by atoms with Crippen LogP contribution >= 0.6 is 34.8 Å². The Labute approximate surface area is 97.6 Å². The summed E-state index contributed by atoms with van der Waals surface area (Å²) in [6.45, 7) is 1.68. The SMILES string of the molecule is C[C@H](N)[C@H](O)c1cc(Cl)c(Cl)cc1Cl. The second-order valence-electron chi connectivity index (χ2n) is 3.09. The van der Waals surface area contributed by atoms with Crippen LogP contribution in [0.25, 0.3) is 0 Å². The molecular formula is C9H10Cl3NO. The maximum absolute atomic E-state index is 9.68. The van der Waals surface area contributed by atoms with Crippen molar-refractivity contribution in [2.45, 2.75) is 19.1 Å². The first-order valence-corrected chi connectivity index (χ1v) is 5.15. The van der Waals surface area contributed by atoms with E-state index in [0.29, 0.717) is 20.6 Å². The summed E-state index contributed by atoms with van der Waals surface area (Å²) in [5.74, 6) is 0. The molecule has 0 saturated heterocycles. The molecule has 0 aliphatic heterocycles. The molecule has 0 aliphatic carbocycles. The molecule has 0 radical (unpaired) electrons. The van der Waals surface area contributed by atoms with Gasteiger partial charge in [-0.2, -0.15) is 0 Å². The van der Waals surface area contributed by atoms with Crippen molar-refractivity contribution in [3.05, 3.63) is 32.8 Å². The molecule has 2 nitrogen and oxygen atoms in total. The highest BCUT2D eigenvalue weighted by Gasteiger charge is 2.17. The maximum atomic E-state index is 9.68. The van der Waals surface area contributed by atoms with Gasteiger partial charge in [0.25, 0.3) is 0 Å². The van der Waals surface area contributed by atoms with Crippen molar-refractivity contribution >= 4 is 34.8 Å². The number of hydrogen-bond donors (Lipinski definition) is 2. The predicted octanol–water partition coefficient (Wildman–Crippen LogP) is 3.03. The fraction of sp³-hybridized carbons (Fsp3) is 0.333. The summed E-state index contributed by atoms with van der Waals surface area (Å²) in [6, 6.07) is 2.61. The molecule has 1 rings (SSSR count). The molecule has 3 N–H and O–H groups in total. The highest BCUT2D eigenvalue weighted by Crippen LogP contribution is 2.32. The van der Waals surface area contributed by atoms with E-state index in [-0.39, 0.29) is 0 Å². The van der Waals surface area contributed by atoms with E-state index in [0.717, 1.165) is 0 Å². The Hall–Kier alpha value is 0.01000. The normalized spacial score (nSPS) is 15.3. The van der Waals surface area contributed by atoms with Gasteiger partial charge < -0.3 is 10.8 Å². The minimum atomic E-state index is -0.836. The number of hydrogen-bond acceptors (Lipinski definition) is 2. The Balaban J connectivity index is 3.15. The van der Waals surface area contributed by atoms with Crippen LogP contribution in [0.3, 0.4) is 0 Å². The van der Waals surface area contributed by atoms with E-state index in [2.05, 4.69) is 0 Å². The molecule has 0 heterocycles. The standard InChI is InChI=1S/C9H10Cl3NO/c1-4(13)9(14)5-2-7(11)8(12)3-6(5)10/h2-4,9,14H,13H2,1H3/t4-,9-/m0/s1. The van der Waals surface area contributed by atoms with Crippen molar-refractivity contribution in [3.8, 4) is 0 Å². The zero-order valence-corrected chi connectivity index (χ0v) is 9.74. The van der Waals surface area contributed by atoms with E-state index in [9.17, 15) is 5.11 Å². The Kier molecular flexibility index (Phi) is 4.04. The lowest BCUT2D eigenvalue weighted by Gasteiger charge is -2.16. The number of aliphatic hydroxyl groups excluding tert-OH is 1. The molecule has 0 amide bonds. The average molecular weight is 255 g/mol. The van der Waals surface area contributed by atoms with Gasteiger partial charge in [-0.3, -0.25) is 0 Å². The van der Waals surface area contributed by atoms with Crippen LogP contribution < -0.4 is 5.73 Å². The van der Waals surface area contributed by atoms with Gasteiger partial charge in [0, 0.05) is 16.6 Å². The molecule has 0 unspecified atom stereocenters. The molecule has 5 heteroatoms. The van der Waals surface area contributed by atoms with E-state index in [1.54, 1.807) is 6.92 Å². The number of halogens is 3. The lowest BCUT2D eigenvalue weighted by atomic mass is 10.0. The summed E-state index contributed by atoms with van der Waals surface area (Å²) in [6.07, 6.45) is -0.836. The molecule has 0 aromatic heterocycles. The van der Waals surface area contributed by atoms with Crippen LogP contribution in [0.4, 0.5) is 0 Å². The lowest BCUT2D eigenvalue weighted by molar-refractivity contribution is 0.153. The maximum Gasteiger partial charge on any atom is 0.0953 e. The first kappa shape index (κ1) is 12.1. The van der Waals surface area contributed by atoms with Crippen LogP contribution in [0.1, 0.15) is 18.6 Å². The summed E-state index contributed by atoms with van der Waals surface area (Å²) in [4.78, 5) is 0. The third kappa shape index (κ3) is 2.53. The Morgan fingerprint density at radius 1 is 1.14 bits per heavy atom. The smallest absolute Gasteiger partial charge is 0.0953 e. The van der Waals surface area contributed by atoms with Crippen molar-refractivity contribution in [1.29, 1.82) is 0 Å². The van der Waals surface area contributed by atoms with Crippen LogP contribution in [0.15, 0.2) is 12.1 Å². The van der Waals surface area contributed by atoms with Crippen molar-refractivity contribution in [1.82, 2.24) is 0 Å². The van der Waals surface area contributed by atoms with E-state index in [1.165, 1.54) is 12.1 Å². The van der Waals surface area contributed by atoms with Gasteiger partial charge in [0.1, 0.15) is 0 Å². The average Bonchev–Trinajstić information content (AvgIpc) is 2.10. The summed E-state index contributed by atoms with van der Waals surface area (Å²) < 4.78 is 0. The van der Waals surface area contributed by atoms with Gasteiger partial charge in [0.15, 0.2) is 0 Å². The van der Waals surface area contributed by atoms with Gasteiger partial charge in [-0.1, -0.05) is 34.8 Å². The largest absolute Gasteiger partial charge is 0.387 e. The number of nitrogens with two attached hydrogens (primary N) is 1. The van der Waals surface area contributed by atoms with Crippen molar-refractivity contribution < 1.29 is 5.11 Å². The van der Waals surface area contributed by atoms with Crippen molar-refractivity contribution in [3.63, 3.8) is 0 Å². The third-order valence-electron chi connectivity index (χ3n) is 1.86. The quantitative estimate of drug-likeness (QED) is 0.797. The molecule has 14 heavy (non-hydrogen) atoms. The molecule has 1 aromatic carbocycles. The molecule has 0 spiro atoms. The highest BCUT2D eigenvalue weighted by molar-refractivity contribution is 6.43. The Morgan fingerprint density at radius 2 is 1.64 bits per heavy atom. The molecule has 2 atom stereocenters. The van der Waals surface area contributed by atoms with Gasteiger partial charge in [-0.05, 0) is 19.1 Å². The van der Waals surface area contributed by atoms with Gasteiger partial charge in [-0.25, -0.2) is 0 Å². The van der Waals surface area contributed by atoms with Crippen LogP contribution in [0, 0.1) is 0 Å². The molecule has 0 aliphatic rings. The monoisotopic (exact) mass is 253 g/mol. The predicted molar refractivity (Wildman–Crippen MR) is 60.1 cm³/mol. The lowest BCUT2D eigenvalue weighted by Crippen LogP contribution is -2.24. The number of benzene rings is 1. The van der Waals surface area contributed by atoms with Crippen molar-refractivity contribution in [2.24, 2.45) is 5.73 Å². The second-order valence-corrected chi connectivity index (χ2v) is 4.31. The minimum absolute atomic E-state index is 0.353. The third-order valence-corrected chi connectivity index (χ3v) is 2.91. The van der Waals surface area contributed by atoms with E-state index >= 15 is 0 Å². The molecular weight excluding hydrogens is 244 g/mol. The van der Waals surface area contributed by atoms with Crippen LogP contribution in [-0.4, -0.2) is 11.1 Å². The zero-order valence-electron chi connectivity index (χ0n) is 7.47. The molecule has 0 bridgehead atoms. The van der Waals surface area contributed by atoms with Crippen LogP contribution in [-0.2, 0) is 0 Å². The number of aliphatic hydroxyl groups is 1. The highest BCUT2D eigenvalue weighted by atomic mass is 35.5. The van der Waals surface area contributed by atoms with Gasteiger partial charge >= 0.3 is 0 Å². The molecule has 0 saturated carbocycles. The summed E-state index contributed by atoms with van der Waals surface area (Å²) >= 11 is 17.4.